The fraction of sp³-hybridized carbons (Fsp3) is 0.400. The summed E-state index contributed by atoms with van der Waals surface area (Å²) in [7, 11) is 1.90. The van der Waals surface area contributed by atoms with Crippen LogP contribution in [0.25, 0.3) is 0 Å². The normalized spacial score (nSPS) is 15.3. The number of rotatable bonds is 1. The summed E-state index contributed by atoms with van der Waals surface area (Å²) in [4.78, 5) is 27.0. The Kier molecular flexibility index (Phi) is 2.12. The monoisotopic (exact) mass is 208 g/mol. The van der Waals surface area contributed by atoms with Gasteiger partial charge in [-0.25, -0.2) is 4.79 Å². The topological polar surface area (TPSA) is 73.4 Å². The van der Waals surface area contributed by atoms with Crippen LogP contribution in [0, 0.1) is 6.92 Å². The Bertz CT molecular complexity index is 490. The van der Waals surface area contributed by atoms with Gasteiger partial charge in [0.2, 0.25) is 0 Å². The van der Waals surface area contributed by atoms with Crippen molar-refractivity contribution in [3.8, 4) is 0 Å². The summed E-state index contributed by atoms with van der Waals surface area (Å²) in [6.07, 6.45) is 0. The molecule has 0 spiro atoms. The van der Waals surface area contributed by atoms with Gasteiger partial charge in [-0.15, -0.1) is 0 Å². The molecular weight excluding hydrogens is 196 g/mol. The van der Waals surface area contributed by atoms with Gasteiger partial charge >= 0.3 is 5.97 Å². The first kappa shape index (κ1) is 9.92. The third kappa shape index (κ3) is 1.45. The summed E-state index contributed by atoms with van der Waals surface area (Å²) in [5.74, 6) is -1.15. The van der Waals surface area contributed by atoms with E-state index >= 15 is 0 Å². The second-order valence-corrected chi connectivity index (χ2v) is 3.89. The number of hydrogen-bond donors (Lipinski definition) is 2. The number of H-pyrrole nitrogens is 1. The Balaban J connectivity index is 2.74. The van der Waals surface area contributed by atoms with E-state index in [1.165, 1.54) is 0 Å². The molecule has 5 heteroatoms. The molecule has 0 atom stereocenters. The minimum atomic E-state index is -1.15. The van der Waals surface area contributed by atoms with Crippen LogP contribution in [0.1, 0.15) is 27.2 Å². The molecule has 0 fully saturated rings. The first-order valence-electron chi connectivity index (χ1n) is 4.67. The molecule has 2 rings (SSSR count). The maximum Gasteiger partial charge on any atom is 0.341 e. The Morgan fingerprint density at radius 2 is 2.00 bits per heavy atom. The Morgan fingerprint density at radius 1 is 1.40 bits per heavy atom. The number of carbonyl (C=O) groups is 1. The van der Waals surface area contributed by atoms with Gasteiger partial charge in [-0.05, 0) is 25.1 Å². The standard InChI is InChI=1S/C10H12N2O3/c1-5-6-3-12(2)4-7(6)8(10(14)15)9(13)11-5/h3-4H2,1-2H3,(H,11,13)(H,14,15). The molecule has 0 radical (unpaired) electrons. The molecule has 80 valence electrons. The van der Waals surface area contributed by atoms with E-state index in [4.69, 9.17) is 5.11 Å². The van der Waals surface area contributed by atoms with E-state index < -0.39 is 11.5 Å². The molecule has 5 nitrogen and oxygen atoms in total. The summed E-state index contributed by atoms with van der Waals surface area (Å²) in [5.41, 5.74) is 1.75. The number of nitrogens with one attached hydrogen (secondary N) is 1. The Hall–Kier alpha value is -1.62. The van der Waals surface area contributed by atoms with Crippen molar-refractivity contribution in [1.82, 2.24) is 9.88 Å². The molecule has 1 aliphatic rings. The number of aromatic nitrogens is 1. The van der Waals surface area contributed by atoms with Crippen molar-refractivity contribution >= 4 is 5.97 Å². The number of fused-ring (bicyclic) bond motifs is 1. The van der Waals surface area contributed by atoms with E-state index in [0.717, 1.165) is 11.3 Å². The second kappa shape index (κ2) is 3.20. The van der Waals surface area contributed by atoms with Crippen molar-refractivity contribution in [3.63, 3.8) is 0 Å². The maximum atomic E-state index is 11.5. The number of aryl methyl sites for hydroxylation is 1. The quantitative estimate of drug-likeness (QED) is 0.697. The summed E-state index contributed by atoms with van der Waals surface area (Å²) < 4.78 is 0. The van der Waals surface area contributed by atoms with E-state index in [1.807, 2.05) is 11.9 Å². The van der Waals surface area contributed by atoms with Crippen LogP contribution in [0.3, 0.4) is 0 Å². The van der Waals surface area contributed by atoms with E-state index in [1.54, 1.807) is 6.92 Å². The summed E-state index contributed by atoms with van der Waals surface area (Å²) in [6, 6.07) is 0. The van der Waals surface area contributed by atoms with Gasteiger partial charge in [0.25, 0.3) is 5.56 Å². The SMILES string of the molecule is Cc1[nH]c(=O)c(C(=O)O)c2c1CN(C)C2. The van der Waals surface area contributed by atoms with Crippen LogP contribution in [-0.2, 0) is 13.1 Å². The number of pyridine rings is 1. The van der Waals surface area contributed by atoms with Crippen LogP contribution in [0.4, 0.5) is 0 Å². The first-order valence-corrected chi connectivity index (χ1v) is 4.67. The number of aromatic amines is 1. The van der Waals surface area contributed by atoms with Gasteiger partial charge in [0.15, 0.2) is 0 Å². The number of aromatic carboxylic acids is 1. The average molecular weight is 208 g/mol. The van der Waals surface area contributed by atoms with Gasteiger partial charge in [0.05, 0.1) is 0 Å². The minimum Gasteiger partial charge on any atom is -0.477 e. The molecule has 0 aromatic carbocycles. The van der Waals surface area contributed by atoms with Crippen LogP contribution >= 0.6 is 0 Å². The highest BCUT2D eigenvalue weighted by Gasteiger charge is 2.26. The van der Waals surface area contributed by atoms with Crippen molar-refractivity contribution < 1.29 is 9.90 Å². The predicted octanol–water partition coefficient (Wildman–Crippen LogP) is 0.327. The molecule has 1 aliphatic heterocycles. The van der Waals surface area contributed by atoms with Gasteiger partial charge in [-0.3, -0.25) is 9.69 Å². The zero-order valence-corrected chi connectivity index (χ0v) is 8.63. The van der Waals surface area contributed by atoms with Gasteiger partial charge in [-0.1, -0.05) is 0 Å². The largest absolute Gasteiger partial charge is 0.477 e. The third-order valence-electron chi connectivity index (χ3n) is 2.72. The van der Waals surface area contributed by atoms with Crippen molar-refractivity contribution in [2.24, 2.45) is 0 Å². The number of carboxylic acid groups (broad SMARTS) is 1. The second-order valence-electron chi connectivity index (χ2n) is 3.89. The van der Waals surface area contributed by atoms with Gasteiger partial charge in [0, 0.05) is 18.8 Å². The van der Waals surface area contributed by atoms with Crippen LogP contribution in [0.15, 0.2) is 4.79 Å². The molecule has 1 aromatic rings. The first-order chi connectivity index (χ1) is 7.00. The lowest BCUT2D eigenvalue weighted by Gasteiger charge is -2.05. The van der Waals surface area contributed by atoms with E-state index in [-0.39, 0.29) is 5.56 Å². The lowest BCUT2D eigenvalue weighted by Crippen LogP contribution is -2.22. The van der Waals surface area contributed by atoms with Gasteiger partial charge < -0.3 is 10.1 Å². The molecule has 2 heterocycles. The van der Waals surface area contributed by atoms with Crippen LogP contribution < -0.4 is 5.56 Å². The highest BCUT2D eigenvalue weighted by molar-refractivity contribution is 5.89. The Morgan fingerprint density at radius 3 is 2.60 bits per heavy atom. The minimum absolute atomic E-state index is 0.111. The summed E-state index contributed by atoms with van der Waals surface area (Å²) in [5, 5.41) is 8.97. The predicted molar refractivity (Wildman–Crippen MR) is 53.9 cm³/mol. The highest BCUT2D eigenvalue weighted by Crippen LogP contribution is 2.24. The van der Waals surface area contributed by atoms with E-state index in [9.17, 15) is 9.59 Å². The van der Waals surface area contributed by atoms with Crippen LogP contribution in [0.2, 0.25) is 0 Å². The maximum absolute atomic E-state index is 11.5. The van der Waals surface area contributed by atoms with E-state index in [2.05, 4.69) is 4.98 Å². The van der Waals surface area contributed by atoms with Crippen molar-refractivity contribution in [2.45, 2.75) is 20.0 Å². The molecule has 15 heavy (non-hydrogen) atoms. The average Bonchev–Trinajstić information content (AvgIpc) is 2.45. The molecule has 0 aliphatic carbocycles. The Labute approximate surface area is 86.3 Å². The highest BCUT2D eigenvalue weighted by atomic mass is 16.4. The molecule has 0 saturated heterocycles. The number of hydrogen-bond acceptors (Lipinski definition) is 3. The van der Waals surface area contributed by atoms with Crippen LogP contribution in [-0.4, -0.2) is 28.0 Å². The van der Waals surface area contributed by atoms with E-state index in [0.29, 0.717) is 18.7 Å². The summed E-state index contributed by atoms with van der Waals surface area (Å²) >= 11 is 0. The zero-order valence-electron chi connectivity index (χ0n) is 8.63. The molecule has 2 N–H and O–H groups in total. The number of carboxylic acids is 1. The molecular formula is C10H12N2O3. The molecule has 0 bridgehead atoms. The molecule has 1 aromatic heterocycles. The fourth-order valence-electron chi connectivity index (χ4n) is 2.03. The third-order valence-corrected chi connectivity index (χ3v) is 2.72. The summed E-state index contributed by atoms with van der Waals surface area (Å²) in [6.45, 7) is 3.02. The molecule has 0 unspecified atom stereocenters. The smallest absolute Gasteiger partial charge is 0.341 e. The van der Waals surface area contributed by atoms with Crippen molar-refractivity contribution in [3.05, 3.63) is 32.7 Å². The lowest BCUT2D eigenvalue weighted by atomic mass is 10.0. The van der Waals surface area contributed by atoms with Crippen LogP contribution in [0.5, 0.6) is 0 Å². The molecule has 0 amide bonds. The van der Waals surface area contributed by atoms with Gasteiger partial charge in [0.1, 0.15) is 5.56 Å². The molecule has 0 saturated carbocycles. The lowest BCUT2D eigenvalue weighted by molar-refractivity contribution is 0.0693. The van der Waals surface area contributed by atoms with Crippen molar-refractivity contribution in [2.75, 3.05) is 7.05 Å². The number of nitrogens with zero attached hydrogens (tertiary/aromatic N) is 1. The van der Waals surface area contributed by atoms with Gasteiger partial charge in [-0.2, -0.15) is 0 Å². The van der Waals surface area contributed by atoms with Crippen molar-refractivity contribution in [1.29, 1.82) is 0 Å². The fourth-order valence-corrected chi connectivity index (χ4v) is 2.03. The zero-order chi connectivity index (χ0) is 11.2.